The number of hydrogen-bond acceptors (Lipinski definition) is 0. The van der Waals surface area contributed by atoms with Crippen LogP contribution < -0.4 is 0 Å². The van der Waals surface area contributed by atoms with Crippen molar-refractivity contribution in [2.45, 2.75) is 47.0 Å². The Balaban J connectivity index is 2.26. The Morgan fingerprint density at radius 3 is 2.24 bits per heavy atom. The lowest BCUT2D eigenvalue weighted by molar-refractivity contribution is 1.04. The summed E-state index contributed by atoms with van der Waals surface area (Å²) >= 11 is 0. The van der Waals surface area contributed by atoms with Crippen LogP contribution >= 0.6 is 0 Å². The maximum Gasteiger partial charge on any atom is -0.00577 e. The molecule has 0 aliphatic heterocycles. The van der Waals surface area contributed by atoms with Gasteiger partial charge in [0, 0.05) is 0 Å². The first-order chi connectivity index (χ1) is 10.1. The maximum absolute atomic E-state index is 2.43. The van der Waals surface area contributed by atoms with Crippen LogP contribution in [0.2, 0.25) is 0 Å². The number of hydrogen-bond donors (Lipinski definition) is 0. The number of fused-ring (bicyclic) bond motifs is 1. The summed E-state index contributed by atoms with van der Waals surface area (Å²) in [5, 5.41) is 0. The van der Waals surface area contributed by atoms with Crippen molar-refractivity contribution in [3.05, 3.63) is 63.7 Å². The van der Waals surface area contributed by atoms with Crippen LogP contribution in [0, 0.1) is 13.8 Å². The van der Waals surface area contributed by atoms with Gasteiger partial charge < -0.3 is 0 Å². The molecular weight excluding hydrogens is 252 g/mol. The minimum Gasteiger partial charge on any atom is -0.0655 e. The van der Waals surface area contributed by atoms with E-state index in [1.54, 1.807) is 5.57 Å². The summed E-state index contributed by atoms with van der Waals surface area (Å²) in [5.74, 6) is 0. The van der Waals surface area contributed by atoms with Gasteiger partial charge in [0.15, 0.2) is 0 Å². The fraction of sp³-hybridized carbons (Fsp3) is 0.333. The second-order valence-electron chi connectivity index (χ2n) is 6.24. The fourth-order valence-corrected chi connectivity index (χ4v) is 3.51. The van der Waals surface area contributed by atoms with E-state index < -0.39 is 0 Å². The minimum absolute atomic E-state index is 1.09. The van der Waals surface area contributed by atoms with Gasteiger partial charge in [-0.2, -0.15) is 0 Å². The van der Waals surface area contributed by atoms with Gasteiger partial charge in [0.1, 0.15) is 0 Å². The quantitative estimate of drug-likeness (QED) is 0.656. The van der Waals surface area contributed by atoms with E-state index in [1.807, 2.05) is 0 Å². The van der Waals surface area contributed by atoms with Gasteiger partial charge in [-0.3, -0.25) is 0 Å². The SMILES string of the molecule is CCC1=Cc2c(ccc(CC)c2-c2cc(C)cc(C)c2)C1. The molecule has 0 fully saturated rings. The number of allylic oxidation sites excluding steroid dienone is 1. The topological polar surface area (TPSA) is 0 Å². The van der Waals surface area contributed by atoms with E-state index in [4.69, 9.17) is 0 Å². The molecule has 3 rings (SSSR count). The van der Waals surface area contributed by atoms with Crippen molar-refractivity contribution in [3.63, 3.8) is 0 Å². The first-order valence-corrected chi connectivity index (χ1v) is 8.05. The molecule has 0 aromatic heterocycles. The van der Waals surface area contributed by atoms with Crippen molar-refractivity contribution in [2.24, 2.45) is 0 Å². The number of rotatable bonds is 3. The van der Waals surface area contributed by atoms with Gasteiger partial charge in [0.2, 0.25) is 0 Å². The summed E-state index contributed by atoms with van der Waals surface area (Å²) in [6, 6.07) is 11.6. The van der Waals surface area contributed by atoms with Gasteiger partial charge in [-0.05, 0) is 60.9 Å². The largest absolute Gasteiger partial charge is 0.0655 e. The predicted molar refractivity (Wildman–Crippen MR) is 92.7 cm³/mol. The second kappa shape index (κ2) is 5.52. The first-order valence-electron chi connectivity index (χ1n) is 8.05. The smallest absolute Gasteiger partial charge is 0.00577 e. The third-order valence-corrected chi connectivity index (χ3v) is 4.53. The van der Waals surface area contributed by atoms with Gasteiger partial charge >= 0.3 is 0 Å². The lowest BCUT2D eigenvalue weighted by atomic mass is 9.89. The highest BCUT2D eigenvalue weighted by molar-refractivity contribution is 5.83. The molecule has 108 valence electrons. The van der Waals surface area contributed by atoms with E-state index in [0.717, 1.165) is 19.3 Å². The molecule has 0 radical (unpaired) electrons. The molecular formula is C21H24. The molecule has 1 aliphatic carbocycles. The summed E-state index contributed by atoms with van der Waals surface area (Å²) in [4.78, 5) is 0. The Labute approximate surface area is 128 Å². The molecule has 0 amide bonds. The standard InChI is InChI=1S/C21H24/c1-5-16-12-18-8-7-17(6-2)21(20(18)13-16)19-10-14(3)9-15(4)11-19/h7-11,13H,5-6,12H2,1-4H3. The van der Waals surface area contributed by atoms with Crippen molar-refractivity contribution in [2.75, 3.05) is 0 Å². The third-order valence-electron chi connectivity index (χ3n) is 4.53. The molecule has 0 atom stereocenters. The molecule has 2 aromatic rings. The average Bonchev–Trinajstić information content (AvgIpc) is 2.87. The van der Waals surface area contributed by atoms with Gasteiger partial charge in [0.25, 0.3) is 0 Å². The van der Waals surface area contributed by atoms with Crippen LogP contribution in [0.25, 0.3) is 17.2 Å². The zero-order chi connectivity index (χ0) is 15.0. The first kappa shape index (κ1) is 14.1. The van der Waals surface area contributed by atoms with Gasteiger partial charge in [0.05, 0.1) is 0 Å². The summed E-state index contributed by atoms with van der Waals surface area (Å²) < 4.78 is 0. The third kappa shape index (κ3) is 2.55. The van der Waals surface area contributed by atoms with E-state index in [9.17, 15) is 0 Å². The minimum atomic E-state index is 1.09. The molecule has 0 saturated carbocycles. The van der Waals surface area contributed by atoms with Crippen LogP contribution in [0.3, 0.4) is 0 Å². The zero-order valence-corrected chi connectivity index (χ0v) is 13.6. The lowest BCUT2D eigenvalue weighted by Gasteiger charge is -2.15. The predicted octanol–water partition coefficient (Wildman–Crippen LogP) is 5.88. The average molecular weight is 276 g/mol. The van der Waals surface area contributed by atoms with Gasteiger partial charge in [-0.25, -0.2) is 0 Å². The lowest BCUT2D eigenvalue weighted by Crippen LogP contribution is -1.95. The highest BCUT2D eigenvalue weighted by Gasteiger charge is 2.18. The molecule has 0 bridgehead atoms. The van der Waals surface area contributed by atoms with Crippen molar-refractivity contribution < 1.29 is 0 Å². The Hall–Kier alpha value is -1.82. The van der Waals surface area contributed by atoms with Crippen LogP contribution in [0.4, 0.5) is 0 Å². The molecule has 0 heterocycles. The fourth-order valence-electron chi connectivity index (χ4n) is 3.51. The second-order valence-corrected chi connectivity index (χ2v) is 6.24. The summed E-state index contributed by atoms with van der Waals surface area (Å²) in [6.07, 6.45) is 5.81. The Morgan fingerprint density at radius 1 is 0.905 bits per heavy atom. The van der Waals surface area contributed by atoms with E-state index in [1.165, 1.54) is 38.9 Å². The van der Waals surface area contributed by atoms with Crippen molar-refractivity contribution in [1.82, 2.24) is 0 Å². The van der Waals surface area contributed by atoms with Crippen LogP contribution in [0.5, 0.6) is 0 Å². The summed E-state index contributed by atoms with van der Waals surface area (Å²) in [5.41, 5.74) is 11.5. The Kier molecular flexibility index (Phi) is 3.71. The maximum atomic E-state index is 2.43. The molecule has 1 aliphatic rings. The van der Waals surface area contributed by atoms with E-state index in [-0.39, 0.29) is 0 Å². The highest BCUT2D eigenvalue weighted by Crippen LogP contribution is 2.38. The molecule has 0 heteroatoms. The van der Waals surface area contributed by atoms with Crippen molar-refractivity contribution in [3.8, 4) is 11.1 Å². The molecule has 0 saturated heterocycles. The Morgan fingerprint density at radius 2 is 1.62 bits per heavy atom. The molecule has 2 aromatic carbocycles. The van der Waals surface area contributed by atoms with Crippen molar-refractivity contribution >= 4 is 6.08 Å². The van der Waals surface area contributed by atoms with Gasteiger partial charge in [-0.1, -0.05) is 67.0 Å². The number of benzene rings is 2. The summed E-state index contributed by atoms with van der Waals surface area (Å²) in [7, 11) is 0. The molecule has 21 heavy (non-hydrogen) atoms. The normalized spacial score (nSPS) is 13.2. The Bertz CT molecular complexity index is 697. The molecule has 0 spiro atoms. The highest BCUT2D eigenvalue weighted by atomic mass is 14.2. The molecule has 0 unspecified atom stereocenters. The summed E-state index contributed by atoms with van der Waals surface area (Å²) in [6.45, 7) is 8.90. The zero-order valence-electron chi connectivity index (χ0n) is 13.6. The van der Waals surface area contributed by atoms with Crippen LogP contribution in [-0.2, 0) is 12.8 Å². The molecule has 0 nitrogen and oxygen atoms in total. The van der Waals surface area contributed by atoms with E-state index in [2.05, 4.69) is 64.1 Å². The van der Waals surface area contributed by atoms with E-state index in [0.29, 0.717) is 0 Å². The van der Waals surface area contributed by atoms with Crippen LogP contribution in [-0.4, -0.2) is 0 Å². The number of aryl methyl sites for hydroxylation is 3. The monoisotopic (exact) mass is 276 g/mol. The van der Waals surface area contributed by atoms with Crippen molar-refractivity contribution in [1.29, 1.82) is 0 Å². The van der Waals surface area contributed by atoms with Crippen LogP contribution in [0.1, 0.15) is 48.1 Å². The van der Waals surface area contributed by atoms with E-state index >= 15 is 0 Å². The van der Waals surface area contributed by atoms with Crippen LogP contribution in [0.15, 0.2) is 35.9 Å². The van der Waals surface area contributed by atoms with Gasteiger partial charge in [-0.15, -0.1) is 0 Å². The molecule has 0 N–H and O–H groups in total.